The lowest BCUT2D eigenvalue weighted by atomic mass is 10.2. The molecule has 0 unspecified atom stereocenters. The summed E-state index contributed by atoms with van der Waals surface area (Å²) in [5, 5.41) is 3.78. The molecule has 0 bridgehead atoms. The van der Waals surface area contributed by atoms with E-state index >= 15 is 0 Å². The van der Waals surface area contributed by atoms with Crippen LogP contribution in [-0.2, 0) is 9.59 Å². The Morgan fingerprint density at radius 1 is 1.30 bits per heavy atom. The lowest BCUT2D eigenvalue weighted by Crippen LogP contribution is -2.49. The van der Waals surface area contributed by atoms with Gasteiger partial charge in [0.1, 0.15) is 11.0 Å². The maximum Gasteiger partial charge on any atom is 0.230 e. The number of nitrogens with zero attached hydrogens (tertiary/aromatic N) is 4. The zero-order valence-corrected chi connectivity index (χ0v) is 17.4. The van der Waals surface area contributed by atoms with E-state index in [1.165, 1.54) is 11.8 Å². The molecule has 9 heteroatoms. The molecule has 0 aromatic carbocycles. The maximum atomic E-state index is 12.2. The Labute approximate surface area is 169 Å². The molecule has 2 aliphatic rings. The van der Waals surface area contributed by atoms with E-state index < -0.39 is 0 Å². The van der Waals surface area contributed by atoms with Crippen molar-refractivity contribution in [1.29, 1.82) is 0 Å². The third-order valence-corrected chi connectivity index (χ3v) is 5.90. The molecule has 2 amide bonds. The minimum absolute atomic E-state index is 0.0355. The first kappa shape index (κ1) is 20.2. The summed E-state index contributed by atoms with van der Waals surface area (Å²) in [6, 6.07) is 1.90. The van der Waals surface area contributed by atoms with Crippen LogP contribution in [0, 0.1) is 5.92 Å². The van der Waals surface area contributed by atoms with Gasteiger partial charge in [-0.3, -0.25) is 9.59 Å². The van der Waals surface area contributed by atoms with Crippen LogP contribution in [-0.4, -0.2) is 64.7 Å². The minimum Gasteiger partial charge on any atom is -0.353 e. The highest BCUT2D eigenvalue weighted by atomic mass is 35.5. The molecule has 7 nitrogen and oxygen atoms in total. The molecule has 0 spiro atoms. The van der Waals surface area contributed by atoms with E-state index in [9.17, 15) is 9.59 Å². The van der Waals surface area contributed by atoms with Crippen molar-refractivity contribution < 1.29 is 9.59 Å². The van der Waals surface area contributed by atoms with Crippen LogP contribution in [0.1, 0.15) is 33.1 Å². The molecule has 1 N–H and O–H groups in total. The second-order valence-electron chi connectivity index (χ2n) is 7.08. The lowest BCUT2D eigenvalue weighted by Gasteiger charge is -2.35. The minimum atomic E-state index is -0.0355. The molecule has 1 atom stereocenters. The van der Waals surface area contributed by atoms with Gasteiger partial charge < -0.3 is 15.1 Å². The van der Waals surface area contributed by atoms with E-state index in [1.54, 1.807) is 6.07 Å². The molecule has 2 heterocycles. The Bertz CT molecular complexity index is 692. The summed E-state index contributed by atoms with van der Waals surface area (Å²) in [5.74, 6) is 1.52. The molecule has 27 heavy (non-hydrogen) atoms. The summed E-state index contributed by atoms with van der Waals surface area (Å²) in [7, 11) is 0. The van der Waals surface area contributed by atoms with Crippen molar-refractivity contribution in [2.24, 2.45) is 5.92 Å². The summed E-state index contributed by atoms with van der Waals surface area (Å²) in [4.78, 5) is 37.0. The van der Waals surface area contributed by atoms with E-state index in [-0.39, 0.29) is 23.6 Å². The largest absolute Gasteiger partial charge is 0.353 e. The number of hydrogen-bond donors (Lipinski definition) is 1. The van der Waals surface area contributed by atoms with Crippen LogP contribution in [0.2, 0.25) is 5.15 Å². The number of rotatable bonds is 7. The first-order chi connectivity index (χ1) is 13.0. The van der Waals surface area contributed by atoms with Gasteiger partial charge in [0, 0.05) is 44.2 Å². The maximum absolute atomic E-state index is 12.2. The van der Waals surface area contributed by atoms with Gasteiger partial charge in [0.25, 0.3) is 0 Å². The Morgan fingerprint density at radius 2 is 2.00 bits per heavy atom. The Morgan fingerprint density at radius 3 is 2.63 bits per heavy atom. The highest BCUT2D eigenvalue weighted by molar-refractivity contribution is 7.99. The van der Waals surface area contributed by atoms with Crippen LogP contribution in [0.3, 0.4) is 0 Å². The molecule has 1 aliphatic heterocycles. The van der Waals surface area contributed by atoms with Gasteiger partial charge in [-0.2, -0.15) is 0 Å². The van der Waals surface area contributed by atoms with Crippen LogP contribution in [0.25, 0.3) is 0 Å². The predicted octanol–water partition coefficient (Wildman–Crippen LogP) is 2.20. The van der Waals surface area contributed by atoms with Crippen molar-refractivity contribution in [3.63, 3.8) is 0 Å². The van der Waals surface area contributed by atoms with Gasteiger partial charge in [-0.05, 0) is 26.2 Å². The average Bonchev–Trinajstić information content (AvgIpc) is 3.50. The van der Waals surface area contributed by atoms with Gasteiger partial charge in [-0.25, -0.2) is 9.97 Å². The van der Waals surface area contributed by atoms with E-state index in [0.717, 1.165) is 38.2 Å². The van der Waals surface area contributed by atoms with Crippen molar-refractivity contribution >= 4 is 41.0 Å². The smallest absolute Gasteiger partial charge is 0.230 e. The van der Waals surface area contributed by atoms with Crippen LogP contribution in [0.15, 0.2) is 11.2 Å². The highest BCUT2D eigenvalue weighted by Crippen LogP contribution is 2.31. The molecule has 2 fully saturated rings. The number of halogens is 1. The molecule has 3 rings (SSSR count). The zero-order valence-electron chi connectivity index (χ0n) is 15.8. The van der Waals surface area contributed by atoms with E-state index in [2.05, 4.69) is 20.2 Å². The van der Waals surface area contributed by atoms with Gasteiger partial charge in [0.2, 0.25) is 11.8 Å². The van der Waals surface area contributed by atoms with Crippen molar-refractivity contribution in [2.75, 3.05) is 36.8 Å². The lowest BCUT2D eigenvalue weighted by molar-refractivity contribution is -0.132. The number of piperazine rings is 1. The molecule has 1 aromatic heterocycles. The number of hydrogen-bond acceptors (Lipinski definition) is 6. The van der Waals surface area contributed by atoms with E-state index in [0.29, 0.717) is 29.3 Å². The van der Waals surface area contributed by atoms with Gasteiger partial charge >= 0.3 is 0 Å². The normalized spacial score (nSPS) is 18.3. The molecular formula is C18H26ClN5O2S. The fourth-order valence-electron chi connectivity index (χ4n) is 2.91. The van der Waals surface area contributed by atoms with Gasteiger partial charge in [-0.15, -0.1) is 0 Å². The van der Waals surface area contributed by atoms with Crippen molar-refractivity contribution in [1.82, 2.24) is 20.2 Å². The quantitative estimate of drug-likeness (QED) is 0.421. The number of thioether (sulfide) groups is 1. The second-order valence-corrected chi connectivity index (χ2v) is 8.41. The second kappa shape index (κ2) is 9.10. The van der Waals surface area contributed by atoms with Crippen LogP contribution < -0.4 is 10.2 Å². The average molecular weight is 412 g/mol. The highest BCUT2D eigenvalue weighted by Gasteiger charge is 2.34. The monoisotopic (exact) mass is 411 g/mol. The number of aromatic nitrogens is 2. The van der Waals surface area contributed by atoms with Crippen molar-refractivity contribution in [3.8, 4) is 0 Å². The first-order valence-electron chi connectivity index (χ1n) is 9.46. The molecule has 1 aromatic rings. The number of carbonyl (C=O) groups is 2. The summed E-state index contributed by atoms with van der Waals surface area (Å²) in [6.45, 7) is 6.87. The molecular weight excluding hydrogens is 386 g/mol. The van der Waals surface area contributed by atoms with Crippen LogP contribution in [0.5, 0.6) is 0 Å². The molecule has 1 saturated heterocycles. The summed E-state index contributed by atoms with van der Waals surface area (Å²) < 4.78 is 0. The summed E-state index contributed by atoms with van der Waals surface area (Å²) in [6.07, 6.45) is 2.96. The third kappa shape index (κ3) is 5.72. The number of anilines is 1. The Hall–Kier alpha value is -1.54. The molecule has 1 saturated carbocycles. The standard InChI is InChI=1S/C18H26ClN5O2S/c1-3-12(2)20-16(25)11-27-18-21-14(19)10-15(22-18)23-6-8-24(9-7-23)17(26)13-4-5-13/h10,12-13H,3-9,11H2,1-2H3,(H,20,25)/t12-/m1/s1. The van der Waals surface area contributed by atoms with E-state index in [4.69, 9.17) is 11.6 Å². The van der Waals surface area contributed by atoms with Gasteiger partial charge in [-0.1, -0.05) is 30.3 Å². The van der Waals surface area contributed by atoms with Crippen molar-refractivity contribution in [3.05, 3.63) is 11.2 Å². The van der Waals surface area contributed by atoms with Crippen molar-refractivity contribution in [2.45, 2.75) is 44.3 Å². The fraction of sp³-hybridized carbons (Fsp3) is 0.667. The number of carbonyl (C=O) groups excluding carboxylic acids is 2. The summed E-state index contributed by atoms with van der Waals surface area (Å²) in [5.41, 5.74) is 0. The van der Waals surface area contributed by atoms with Gasteiger partial charge in [0.05, 0.1) is 5.75 Å². The number of nitrogens with one attached hydrogen (secondary N) is 1. The summed E-state index contributed by atoms with van der Waals surface area (Å²) >= 11 is 7.45. The number of amides is 2. The zero-order chi connectivity index (χ0) is 19.4. The Kier molecular flexibility index (Phi) is 6.81. The van der Waals surface area contributed by atoms with E-state index in [1.807, 2.05) is 18.7 Å². The SMILES string of the molecule is CC[C@@H](C)NC(=O)CSc1nc(Cl)cc(N2CCN(C(=O)C3CC3)CC2)n1. The van der Waals surface area contributed by atoms with Gasteiger partial charge in [0.15, 0.2) is 5.16 Å². The molecule has 148 valence electrons. The van der Waals surface area contributed by atoms with Crippen LogP contribution in [0.4, 0.5) is 5.82 Å². The van der Waals surface area contributed by atoms with Crippen LogP contribution >= 0.6 is 23.4 Å². The Balaban J connectivity index is 1.55. The predicted molar refractivity (Wildman–Crippen MR) is 107 cm³/mol. The topological polar surface area (TPSA) is 78.4 Å². The molecule has 1 aliphatic carbocycles. The first-order valence-corrected chi connectivity index (χ1v) is 10.8. The molecule has 0 radical (unpaired) electrons. The fourth-order valence-corrected chi connectivity index (χ4v) is 3.80. The third-order valence-electron chi connectivity index (χ3n) is 4.85.